The van der Waals surface area contributed by atoms with Crippen LogP contribution in [0.15, 0.2) is 0 Å². The summed E-state index contributed by atoms with van der Waals surface area (Å²) in [6.07, 6.45) is 0. The highest BCUT2D eigenvalue weighted by atomic mass is 32.2. The van der Waals surface area contributed by atoms with Crippen LogP contribution in [0.1, 0.15) is 0 Å². The van der Waals surface area contributed by atoms with Gasteiger partial charge < -0.3 is 20.1 Å². The number of hydrogen-bond donors (Lipinski definition) is 2. The maximum absolute atomic E-state index is 5.46. The van der Waals surface area contributed by atoms with Gasteiger partial charge in [-0.1, -0.05) is 0 Å². The summed E-state index contributed by atoms with van der Waals surface area (Å²) in [5, 5.41) is 6.77. The summed E-state index contributed by atoms with van der Waals surface area (Å²) in [5.41, 5.74) is 0. The van der Waals surface area contributed by atoms with E-state index in [0.29, 0.717) is 13.2 Å². The minimum atomic E-state index is 0.701. The van der Waals surface area contributed by atoms with Gasteiger partial charge in [0.15, 0.2) is 0 Å². The molecular formula is C12H26N2O2S2. The van der Waals surface area contributed by atoms with Crippen molar-refractivity contribution in [3.05, 3.63) is 0 Å². The molecule has 108 valence electrons. The van der Waals surface area contributed by atoms with Crippen LogP contribution in [0.25, 0.3) is 0 Å². The fourth-order valence-electron chi connectivity index (χ4n) is 1.47. The summed E-state index contributed by atoms with van der Waals surface area (Å²) in [6.45, 7) is 7.00. The summed E-state index contributed by atoms with van der Waals surface area (Å²) in [7, 11) is 0. The molecule has 6 heteroatoms. The smallest absolute Gasteiger partial charge is 0.0701 e. The number of hydrogen-bond acceptors (Lipinski definition) is 6. The van der Waals surface area contributed by atoms with Gasteiger partial charge in [-0.25, -0.2) is 0 Å². The Morgan fingerprint density at radius 2 is 1.06 bits per heavy atom. The lowest BCUT2D eigenvalue weighted by Crippen LogP contribution is -2.25. The topological polar surface area (TPSA) is 42.5 Å². The molecule has 0 aliphatic carbocycles. The lowest BCUT2D eigenvalue weighted by molar-refractivity contribution is 0.0502. The summed E-state index contributed by atoms with van der Waals surface area (Å²) in [6, 6.07) is 0. The Hall–Kier alpha value is 0.540. The molecule has 1 rings (SSSR count). The van der Waals surface area contributed by atoms with E-state index in [1.165, 1.54) is 23.0 Å². The molecule has 0 bridgehead atoms. The molecule has 0 aromatic heterocycles. The van der Waals surface area contributed by atoms with Crippen molar-refractivity contribution in [2.45, 2.75) is 0 Å². The Labute approximate surface area is 119 Å². The van der Waals surface area contributed by atoms with E-state index < -0.39 is 0 Å². The van der Waals surface area contributed by atoms with Crippen molar-refractivity contribution in [2.75, 3.05) is 75.6 Å². The zero-order valence-electron chi connectivity index (χ0n) is 11.1. The average molecular weight is 294 g/mol. The molecule has 1 saturated heterocycles. The SMILES string of the molecule is C1COCCOCCNCCSCCSCCN1. The van der Waals surface area contributed by atoms with Gasteiger partial charge in [-0.05, 0) is 0 Å². The zero-order chi connectivity index (χ0) is 12.7. The minimum absolute atomic E-state index is 0.701. The number of rotatable bonds is 0. The van der Waals surface area contributed by atoms with Crippen LogP contribution in [-0.2, 0) is 9.47 Å². The third-order valence-electron chi connectivity index (χ3n) is 2.44. The summed E-state index contributed by atoms with van der Waals surface area (Å²) in [4.78, 5) is 0. The summed E-state index contributed by atoms with van der Waals surface area (Å²) < 4.78 is 10.9. The Morgan fingerprint density at radius 1 is 0.556 bits per heavy atom. The molecule has 0 unspecified atom stereocenters. The monoisotopic (exact) mass is 294 g/mol. The van der Waals surface area contributed by atoms with Gasteiger partial charge >= 0.3 is 0 Å². The molecule has 1 aliphatic rings. The molecule has 1 aliphatic heterocycles. The van der Waals surface area contributed by atoms with E-state index in [0.717, 1.165) is 39.4 Å². The fourth-order valence-corrected chi connectivity index (χ4v) is 3.40. The standard InChI is InChI=1S/C12H26N2O2S2/c1-5-15-7-8-16-6-2-14-4-10-18-12-11-17-9-3-13-1/h13-14H,1-12H2. The Kier molecular flexibility index (Phi) is 12.9. The highest BCUT2D eigenvalue weighted by Crippen LogP contribution is 2.05. The van der Waals surface area contributed by atoms with Crippen molar-refractivity contribution in [1.29, 1.82) is 0 Å². The van der Waals surface area contributed by atoms with Gasteiger partial charge in [-0.3, -0.25) is 0 Å². The van der Waals surface area contributed by atoms with E-state index >= 15 is 0 Å². The van der Waals surface area contributed by atoms with Crippen LogP contribution in [0, 0.1) is 0 Å². The largest absolute Gasteiger partial charge is 0.378 e. The lowest BCUT2D eigenvalue weighted by atomic mass is 10.6. The van der Waals surface area contributed by atoms with E-state index in [-0.39, 0.29) is 0 Å². The van der Waals surface area contributed by atoms with Gasteiger partial charge in [0.05, 0.1) is 26.4 Å². The van der Waals surface area contributed by atoms with Crippen LogP contribution in [0.3, 0.4) is 0 Å². The van der Waals surface area contributed by atoms with Gasteiger partial charge in [-0.2, -0.15) is 23.5 Å². The van der Waals surface area contributed by atoms with Gasteiger partial charge in [0.1, 0.15) is 0 Å². The molecule has 1 heterocycles. The lowest BCUT2D eigenvalue weighted by Gasteiger charge is -2.09. The summed E-state index contributed by atoms with van der Waals surface area (Å²) >= 11 is 4.06. The Morgan fingerprint density at radius 3 is 1.56 bits per heavy atom. The van der Waals surface area contributed by atoms with Crippen molar-refractivity contribution in [3.63, 3.8) is 0 Å². The maximum atomic E-state index is 5.46. The van der Waals surface area contributed by atoms with E-state index in [2.05, 4.69) is 10.6 Å². The Balaban J connectivity index is 2.00. The van der Waals surface area contributed by atoms with Gasteiger partial charge in [-0.15, -0.1) is 0 Å². The van der Waals surface area contributed by atoms with Gasteiger partial charge in [0, 0.05) is 49.2 Å². The predicted octanol–water partition coefficient (Wildman–Crippen LogP) is 0.679. The molecule has 0 spiro atoms. The number of nitrogens with one attached hydrogen (secondary N) is 2. The second kappa shape index (κ2) is 14.0. The van der Waals surface area contributed by atoms with Crippen LogP contribution >= 0.6 is 23.5 Å². The third kappa shape index (κ3) is 11.6. The van der Waals surface area contributed by atoms with E-state index in [9.17, 15) is 0 Å². The molecule has 2 N–H and O–H groups in total. The molecule has 0 saturated carbocycles. The maximum Gasteiger partial charge on any atom is 0.0701 e. The molecule has 4 nitrogen and oxygen atoms in total. The molecule has 0 atom stereocenters. The second-order valence-electron chi connectivity index (χ2n) is 3.95. The minimum Gasteiger partial charge on any atom is -0.378 e. The third-order valence-corrected chi connectivity index (χ3v) is 4.67. The van der Waals surface area contributed by atoms with E-state index in [1.54, 1.807) is 0 Å². The normalized spacial score (nSPS) is 24.0. The first-order valence-electron chi connectivity index (χ1n) is 6.72. The van der Waals surface area contributed by atoms with E-state index in [4.69, 9.17) is 9.47 Å². The van der Waals surface area contributed by atoms with Crippen LogP contribution in [-0.4, -0.2) is 75.6 Å². The molecule has 1 fully saturated rings. The van der Waals surface area contributed by atoms with E-state index in [1.807, 2.05) is 23.5 Å². The first-order valence-corrected chi connectivity index (χ1v) is 9.03. The van der Waals surface area contributed by atoms with Gasteiger partial charge in [0.2, 0.25) is 0 Å². The average Bonchev–Trinajstić information content (AvgIpc) is 2.39. The van der Waals surface area contributed by atoms with Crippen LogP contribution in [0.5, 0.6) is 0 Å². The highest BCUT2D eigenvalue weighted by molar-refractivity contribution is 8.02. The Bertz CT molecular complexity index is 101. The first-order chi connectivity index (χ1) is 9.00. The quantitative estimate of drug-likeness (QED) is 0.685. The molecule has 0 aromatic rings. The molecule has 0 radical (unpaired) electrons. The van der Waals surface area contributed by atoms with Crippen molar-refractivity contribution in [1.82, 2.24) is 10.6 Å². The molecular weight excluding hydrogens is 268 g/mol. The van der Waals surface area contributed by atoms with Crippen molar-refractivity contribution < 1.29 is 9.47 Å². The highest BCUT2D eigenvalue weighted by Gasteiger charge is 1.95. The van der Waals surface area contributed by atoms with Crippen molar-refractivity contribution in [3.8, 4) is 0 Å². The van der Waals surface area contributed by atoms with Crippen LogP contribution in [0.2, 0.25) is 0 Å². The second-order valence-corrected chi connectivity index (χ2v) is 6.40. The predicted molar refractivity (Wildman–Crippen MR) is 82.0 cm³/mol. The fraction of sp³-hybridized carbons (Fsp3) is 1.00. The zero-order valence-corrected chi connectivity index (χ0v) is 12.8. The number of ether oxygens (including phenoxy) is 2. The van der Waals surface area contributed by atoms with Crippen LogP contribution < -0.4 is 10.6 Å². The molecule has 18 heavy (non-hydrogen) atoms. The number of thioether (sulfide) groups is 2. The molecule has 0 aromatic carbocycles. The van der Waals surface area contributed by atoms with Gasteiger partial charge in [0.25, 0.3) is 0 Å². The first kappa shape index (κ1) is 16.6. The van der Waals surface area contributed by atoms with Crippen molar-refractivity contribution >= 4 is 23.5 Å². The summed E-state index contributed by atoms with van der Waals surface area (Å²) in [5.74, 6) is 4.90. The molecule has 0 amide bonds. The van der Waals surface area contributed by atoms with Crippen LogP contribution in [0.4, 0.5) is 0 Å². The van der Waals surface area contributed by atoms with Crippen molar-refractivity contribution in [2.24, 2.45) is 0 Å².